The van der Waals surface area contributed by atoms with Gasteiger partial charge in [-0.3, -0.25) is 9.78 Å². The molecule has 26 heavy (non-hydrogen) atoms. The van der Waals surface area contributed by atoms with Crippen LogP contribution in [0.15, 0.2) is 47.1 Å². The molecule has 132 valence electrons. The van der Waals surface area contributed by atoms with E-state index in [-0.39, 0.29) is 5.56 Å². The van der Waals surface area contributed by atoms with E-state index in [0.717, 1.165) is 18.6 Å². The fourth-order valence-electron chi connectivity index (χ4n) is 3.03. The fraction of sp³-hybridized carbons (Fsp3) is 0.222. The Labute approximate surface area is 147 Å². The molecule has 0 unspecified atom stereocenters. The zero-order chi connectivity index (χ0) is 18.1. The van der Waals surface area contributed by atoms with Gasteiger partial charge in [0.2, 0.25) is 11.7 Å². The van der Waals surface area contributed by atoms with Gasteiger partial charge in [0.1, 0.15) is 11.7 Å². The standard InChI is InChI=1S/C18H14F2N4O2/c19-12-7-6-11(10-13(12)20)18(25)24-9-3-5-15(24)17-22-16(23-26-17)14-4-1-2-8-21-14/h1-2,4,6-8,10,15H,3,5,9H2/t15-/m1/s1. The third-order valence-corrected chi connectivity index (χ3v) is 4.30. The largest absolute Gasteiger partial charge is 0.337 e. The first kappa shape index (κ1) is 16.3. The smallest absolute Gasteiger partial charge is 0.254 e. The van der Waals surface area contributed by atoms with E-state index in [0.29, 0.717) is 30.4 Å². The van der Waals surface area contributed by atoms with E-state index in [1.165, 1.54) is 6.07 Å². The van der Waals surface area contributed by atoms with Crippen LogP contribution < -0.4 is 0 Å². The summed E-state index contributed by atoms with van der Waals surface area (Å²) in [7, 11) is 0. The highest BCUT2D eigenvalue weighted by atomic mass is 19.2. The average molecular weight is 356 g/mol. The number of nitrogens with zero attached hydrogens (tertiary/aromatic N) is 4. The zero-order valence-electron chi connectivity index (χ0n) is 13.6. The van der Waals surface area contributed by atoms with Gasteiger partial charge < -0.3 is 9.42 Å². The number of hydrogen-bond donors (Lipinski definition) is 0. The van der Waals surface area contributed by atoms with Crippen LogP contribution in [-0.2, 0) is 0 Å². The summed E-state index contributed by atoms with van der Waals surface area (Å²) in [6.07, 6.45) is 3.03. The van der Waals surface area contributed by atoms with E-state index in [4.69, 9.17) is 4.52 Å². The van der Waals surface area contributed by atoms with Crippen LogP contribution in [0.5, 0.6) is 0 Å². The van der Waals surface area contributed by atoms with Crippen LogP contribution in [-0.4, -0.2) is 32.5 Å². The molecule has 0 N–H and O–H groups in total. The third kappa shape index (κ3) is 2.94. The molecule has 4 rings (SSSR count). The lowest BCUT2D eigenvalue weighted by Crippen LogP contribution is -2.30. The van der Waals surface area contributed by atoms with E-state index in [1.807, 2.05) is 6.07 Å². The summed E-state index contributed by atoms with van der Waals surface area (Å²) in [4.78, 5) is 22.8. The second-order valence-electron chi connectivity index (χ2n) is 5.96. The molecule has 1 fully saturated rings. The van der Waals surface area contributed by atoms with Gasteiger partial charge in [-0.25, -0.2) is 8.78 Å². The van der Waals surface area contributed by atoms with Gasteiger partial charge in [0.25, 0.3) is 5.91 Å². The number of aromatic nitrogens is 3. The minimum atomic E-state index is -1.05. The monoisotopic (exact) mass is 356 g/mol. The number of benzene rings is 1. The number of carbonyl (C=O) groups excluding carboxylic acids is 1. The number of hydrogen-bond acceptors (Lipinski definition) is 5. The molecule has 0 aliphatic carbocycles. The molecule has 6 nitrogen and oxygen atoms in total. The van der Waals surface area contributed by atoms with Gasteiger partial charge in [0.15, 0.2) is 11.6 Å². The molecule has 3 aromatic rings. The van der Waals surface area contributed by atoms with Gasteiger partial charge in [-0.2, -0.15) is 4.98 Å². The Hall–Kier alpha value is -3.16. The lowest BCUT2D eigenvalue weighted by Gasteiger charge is -2.21. The zero-order valence-corrected chi connectivity index (χ0v) is 13.6. The summed E-state index contributed by atoms with van der Waals surface area (Å²) >= 11 is 0. The van der Waals surface area contributed by atoms with Crippen LogP contribution in [0.25, 0.3) is 11.5 Å². The van der Waals surface area contributed by atoms with Gasteiger partial charge >= 0.3 is 0 Å². The topological polar surface area (TPSA) is 72.1 Å². The Balaban J connectivity index is 1.60. The van der Waals surface area contributed by atoms with Crippen molar-refractivity contribution in [1.82, 2.24) is 20.0 Å². The van der Waals surface area contributed by atoms with Crippen molar-refractivity contribution in [3.05, 3.63) is 65.7 Å². The van der Waals surface area contributed by atoms with Crippen molar-refractivity contribution in [2.45, 2.75) is 18.9 Å². The lowest BCUT2D eigenvalue weighted by molar-refractivity contribution is 0.0709. The minimum Gasteiger partial charge on any atom is -0.337 e. The number of rotatable bonds is 3. The molecule has 8 heteroatoms. The Kier molecular flexibility index (Phi) is 4.16. The van der Waals surface area contributed by atoms with Crippen molar-refractivity contribution in [1.29, 1.82) is 0 Å². The third-order valence-electron chi connectivity index (χ3n) is 4.30. The highest BCUT2D eigenvalue weighted by Gasteiger charge is 2.35. The predicted molar refractivity (Wildman–Crippen MR) is 86.9 cm³/mol. The highest BCUT2D eigenvalue weighted by Crippen LogP contribution is 2.33. The SMILES string of the molecule is O=C(c1ccc(F)c(F)c1)N1CCC[C@@H]1c1nc(-c2ccccn2)no1. The van der Waals surface area contributed by atoms with Gasteiger partial charge in [-0.15, -0.1) is 0 Å². The Morgan fingerprint density at radius 2 is 2.08 bits per heavy atom. The highest BCUT2D eigenvalue weighted by molar-refractivity contribution is 5.94. The maximum Gasteiger partial charge on any atom is 0.254 e. The first-order valence-electron chi connectivity index (χ1n) is 8.14. The second kappa shape index (κ2) is 6.62. The number of halogens is 2. The van der Waals surface area contributed by atoms with Crippen molar-refractivity contribution in [3.8, 4) is 11.5 Å². The molecule has 1 saturated heterocycles. The van der Waals surface area contributed by atoms with Crippen LogP contribution in [0.1, 0.15) is 35.1 Å². The lowest BCUT2D eigenvalue weighted by atomic mass is 10.1. The fourth-order valence-corrected chi connectivity index (χ4v) is 3.03. The van der Waals surface area contributed by atoms with Crippen LogP contribution in [0.3, 0.4) is 0 Å². The molecule has 1 aliphatic heterocycles. The quantitative estimate of drug-likeness (QED) is 0.719. The first-order valence-corrected chi connectivity index (χ1v) is 8.14. The van der Waals surface area contributed by atoms with Crippen LogP contribution >= 0.6 is 0 Å². The molecule has 0 saturated carbocycles. The molecular formula is C18H14F2N4O2. The summed E-state index contributed by atoms with van der Waals surface area (Å²) in [5.41, 5.74) is 0.652. The molecule has 3 heterocycles. The van der Waals surface area contributed by atoms with Crippen LogP contribution in [0, 0.1) is 11.6 Å². The maximum absolute atomic E-state index is 13.4. The number of amides is 1. The summed E-state index contributed by atoms with van der Waals surface area (Å²) in [5, 5.41) is 3.93. The molecule has 2 aromatic heterocycles. The van der Waals surface area contributed by atoms with Crippen molar-refractivity contribution < 1.29 is 18.1 Å². The molecular weight excluding hydrogens is 342 g/mol. The predicted octanol–water partition coefficient (Wildman–Crippen LogP) is 3.39. The van der Waals surface area contributed by atoms with Gasteiger partial charge in [-0.1, -0.05) is 11.2 Å². The Morgan fingerprint density at radius 1 is 1.19 bits per heavy atom. The Bertz CT molecular complexity index is 945. The maximum atomic E-state index is 13.4. The summed E-state index contributed by atoms with van der Waals surface area (Å²) in [6.45, 7) is 0.476. The summed E-state index contributed by atoms with van der Waals surface area (Å²) in [6, 6.07) is 8.06. The molecule has 1 atom stereocenters. The van der Waals surface area contributed by atoms with E-state index in [1.54, 1.807) is 23.2 Å². The van der Waals surface area contributed by atoms with Crippen molar-refractivity contribution >= 4 is 5.91 Å². The van der Waals surface area contributed by atoms with Crippen molar-refractivity contribution in [2.75, 3.05) is 6.54 Å². The average Bonchev–Trinajstić information content (AvgIpc) is 3.33. The van der Waals surface area contributed by atoms with Crippen molar-refractivity contribution in [2.24, 2.45) is 0 Å². The molecule has 1 aromatic carbocycles. The van der Waals surface area contributed by atoms with Crippen LogP contribution in [0.4, 0.5) is 8.78 Å². The number of pyridine rings is 1. The summed E-state index contributed by atoms with van der Waals surface area (Å²) in [5.74, 6) is -1.80. The molecule has 1 amide bonds. The van der Waals surface area contributed by atoms with E-state index in [2.05, 4.69) is 15.1 Å². The van der Waals surface area contributed by atoms with Crippen LogP contribution in [0.2, 0.25) is 0 Å². The molecule has 0 radical (unpaired) electrons. The minimum absolute atomic E-state index is 0.0836. The second-order valence-corrected chi connectivity index (χ2v) is 5.96. The first-order chi connectivity index (χ1) is 12.6. The molecule has 0 bridgehead atoms. The normalized spacial score (nSPS) is 16.8. The van der Waals surface area contributed by atoms with E-state index in [9.17, 15) is 13.6 Å². The Morgan fingerprint density at radius 3 is 2.85 bits per heavy atom. The van der Waals surface area contributed by atoms with E-state index < -0.39 is 23.6 Å². The number of likely N-dealkylation sites (tertiary alicyclic amines) is 1. The molecule has 0 spiro atoms. The van der Waals surface area contributed by atoms with E-state index >= 15 is 0 Å². The van der Waals surface area contributed by atoms with Gasteiger partial charge in [0.05, 0.1) is 0 Å². The summed E-state index contributed by atoms with van der Waals surface area (Å²) < 4.78 is 31.9. The number of carbonyl (C=O) groups is 1. The molecule has 1 aliphatic rings. The van der Waals surface area contributed by atoms with Gasteiger partial charge in [0, 0.05) is 18.3 Å². The van der Waals surface area contributed by atoms with Gasteiger partial charge in [-0.05, 0) is 43.2 Å². The van der Waals surface area contributed by atoms with Crippen molar-refractivity contribution in [3.63, 3.8) is 0 Å².